The molecular formula is C18H23FN2O3S. The highest BCUT2D eigenvalue weighted by Crippen LogP contribution is 2.22. The van der Waals surface area contributed by atoms with Gasteiger partial charge in [0.25, 0.3) is 0 Å². The van der Waals surface area contributed by atoms with Gasteiger partial charge in [-0.2, -0.15) is 0 Å². The largest absolute Gasteiger partial charge is 0.494 e. The molecular weight excluding hydrogens is 343 g/mol. The van der Waals surface area contributed by atoms with Crippen LogP contribution in [0.4, 0.5) is 15.8 Å². The summed E-state index contributed by atoms with van der Waals surface area (Å²) < 4.78 is 44.5. The van der Waals surface area contributed by atoms with E-state index < -0.39 is 20.6 Å². The monoisotopic (exact) mass is 366 g/mol. The average Bonchev–Trinajstić information content (AvgIpc) is 2.53. The fourth-order valence-corrected chi connectivity index (χ4v) is 2.73. The van der Waals surface area contributed by atoms with Gasteiger partial charge in [0, 0.05) is 24.0 Å². The van der Waals surface area contributed by atoms with E-state index >= 15 is 0 Å². The van der Waals surface area contributed by atoms with Crippen molar-refractivity contribution >= 4 is 21.4 Å². The Kier molecular flexibility index (Phi) is 5.57. The molecule has 5 nitrogen and oxygen atoms in total. The minimum atomic E-state index is -3.45. The zero-order chi connectivity index (χ0) is 18.7. The number of rotatable bonds is 6. The van der Waals surface area contributed by atoms with Gasteiger partial charge in [-0.1, -0.05) is 12.1 Å². The summed E-state index contributed by atoms with van der Waals surface area (Å²) in [5.41, 5.74) is 2.08. The SMILES string of the molecule is COc1ccc(NCc2ccc(NS(=O)(=O)C(C)(C)C)cc2)cc1F. The molecule has 0 unspecified atom stereocenters. The van der Waals surface area contributed by atoms with Crippen LogP contribution in [-0.4, -0.2) is 20.3 Å². The van der Waals surface area contributed by atoms with Gasteiger partial charge in [0.2, 0.25) is 10.0 Å². The van der Waals surface area contributed by atoms with Gasteiger partial charge in [0.1, 0.15) is 0 Å². The Labute approximate surface area is 148 Å². The third-order valence-corrected chi connectivity index (χ3v) is 5.78. The topological polar surface area (TPSA) is 67.4 Å². The van der Waals surface area contributed by atoms with E-state index in [0.29, 0.717) is 17.9 Å². The predicted molar refractivity (Wildman–Crippen MR) is 99.0 cm³/mol. The summed E-state index contributed by atoms with van der Waals surface area (Å²) >= 11 is 0. The smallest absolute Gasteiger partial charge is 0.237 e. The maximum absolute atomic E-state index is 13.7. The molecule has 0 saturated carbocycles. The Morgan fingerprint density at radius 1 is 1.04 bits per heavy atom. The number of methoxy groups -OCH3 is 1. The van der Waals surface area contributed by atoms with E-state index in [1.807, 2.05) is 12.1 Å². The molecule has 2 aromatic rings. The summed E-state index contributed by atoms with van der Waals surface area (Å²) in [6.07, 6.45) is 0. The van der Waals surface area contributed by atoms with E-state index in [2.05, 4.69) is 10.0 Å². The zero-order valence-corrected chi connectivity index (χ0v) is 15.6. The number of hydrogen-bond donors (Lipinski definition) is 2. The summed E-state index contributed by atoms with van der Waals surface area (Å²) in [7, 11) is -2.03. The number of nitrogens with one attached hydrogen (secondary N) is 2. The molecule has 25 heavy (non-hydrogen) atoms. The van der Waals surface area contributed by atoms with Crippen molar-refractivity contribution in [3.05, 3.63) is 53.8 Å². The second kappa shape index (κ2) is 7.31. The molecule has 0 fully saturated rings. The van der Waals surface area contributed by atoms with E-state index in [0.717, 1.165) is 5.56 Å². The van der Waals surface area contributed by atoms with Crippen LogP contribution in [0.2, 0.25) is 0 Å². The first-order valence-corrected chi connectivity index (χ1v) is 9.29. The Bertz CT molecular complexity index is 828. The van der Waals surface area contributed by atoms with Crippen molar-refractivity contribution in [3.63, 3.8) is 0 Å². The number of halogens is 1. The van der Waals surface area contributed by atoms with Crippen LogP contribution < -0.4 is 14.8 Å². The van der Waals surface area contributed by atoms with Crippen LogP contribution in [0, 0.1) is 5.82 Å². The third kappa shape index (κ3) is 4.85. The van der Waals surface area contributed by atoms with Crippen LogP contribution in [-0.2, 0) is 16.6 Å². The van der Waals surface area contributed by atoms with Crippen LogP contribution in [0.15, 0.2) is 42.5 Å². The molecule has 136 valence electrons. The Hall–Kier alpha value is -2.28. The zero-order valence-electron chi connectivity index (χ0n) is 14.8. The molecule has 0 aromatic heterocycles. The Morgan fingerprint density at radius 3 is 2.16 bits per heavy atom. The molecule has 0 spiro atoms. The number of hydrogen-bond acceptors (Lipinski definition) is 4. The van der Waals surface area contributed by atoms with Crippen LogP contribution in [0.5, 0.6) is 5.75 Å². The van der Waals surface area contributed by atoms with E-state index in [4.69, 9.17) is 4.74 Å². The first-order valence-electron chi connectivity index (χ1n) is 7.81. The summed E-state index contributed by atoms with van der Waals surface area (Å²) in [6.45, 7) is 5.41. The first kappa shape index (κ1) is 19.1. The molecule has 0 aliphatic heterocycles. The fraction of sp³-hybridized carbons (Fsp3) is 0.333. The fourth-order valence-electron chi connectivity index (χ4n) is 1.98. The van der Waals surface area contributed by atoms with Crippen molar-refractivity contribution in [2.75, 3.05) is 17.1 Å². The van der Waals surface area contributed by atoms with E-state index in [1.54, 1.807) is 45.0 Å². The molecule has 7 heteroatoms. The van der Waals surface area contributed by atoms with Crippen molar-refractivity contribution < 1.29 is 17.5 Å². The molecule has 0 radical (unpaired) electrons. The Morgan fingerprint density at radius 2 is 1.64 bits per heavy atom. The minimum absolute atomic E-state index is 0.195. The normalized spacial score (nSPS) is 11.9. The van der Waals surface area contributed by atoms with Gasteiger partial charge in [0.05, 0.1) is 11.9 Å². The molecule has 0 atom stereocenters. The van der Waals surface area contributed by atoms with Crippen LogP contribution >= 0.6 is 0 Å². The quantitative estimate of drug-likeness (QED) is 0.811. The van der Waals surface area contributed by atoms with Gasteiger partial charge in [-0.15, -0.1) is 0 Å². The van der Waals surface area contributed by atoms with E-state index in [9.17, 15) is 12.8 Å². The second-order valence-electron chi connectivity index (χ2n) is 6.62. The van der Waals surface area contributed by atoms with Crippen molar-refractivity contribution in [2.45, 2.75) is 32.1 Å². The highest BCUT2D eigenvalue weighted by atomic mass is 32.2. The first-order chi connectivity index (χ1) is 11.6. The summed E-state index contributed by atoms with van der Waals surface area (Å²) in [5.74, 6) is -0.236. The molecule has 2 aromatic carbocycles. The maximum atomic E-state index is 13.7. The second-order valence-corrected chi connectivity index (χ2v) is 9.05. The van der Waals surface area contributed by atoms with Gasteiger partial charge in [-0.3, -0.25) is 4.72 Å². The van der Waals surface area contributed by atoms with Gasteiger partial charge in [-0.25, -0.2) is 12.8 Å². The number of benzene rings is 2. The summed E-state index contributed by atoms with van der Waals surface area (Å²) in [4.78, 5) is 0. The highest BCUT2D eigenvalue weighted by Gasteiger charge is 2.28. The lowest BCUT2D eigenvalue weighted by atomic mass is 10.2. The lowest BCUT2D eigenvalue weighted by molar-refractivity contribution is 0.386. The van der Waals surface area contributed by atoms with Crippen molar-refractivity contribution in [1.29, 1.82) is 0 Å². The van der Waals surface area contributed by atoms with Gasteiger partial charge in [0.15, 0.2) is 11.6 Å². The lowest BCUT2D eigenvalue weighted by Gasteiger charge is -2.20. The highest BCUT2D eigenvalue weighted by molar-refractivity contribution is 7.94. The van der Waals surface area contributed by atoms with Crippen LogP contribution in [0.3, 0.4) is 0 Å². The Balaban J connectivity index is 2.00. The van der Waals surface area contributed by atoms with Crippen LogP contribution in [0.25, 0.3) is 0 Å². The average molecular weight is 366 g/mol. The van der Waals surface area contributed by atoms with Gasteiger partial charge >= 0.3 is 0 Å². The van der Waals surface area contributed by atoms with Crippen LogP contribution in [0.1, 0.15) is 26.3 Å². The lowest BCUT2D eigenvalue weighted by Crippen LogP contribution is -2.33. The molecule has 0 bridgehead atoms. The van der Waals surface area contributed by atoms with E-state index in [-0.39, 0.29) is 5.75 Å². The van der Waals surface area contributed by atoms with Crippen molar-refractivity contribution in [2.24, 2.45) is 0 Å². The number of sulfonamides is 1. The van der Waals surface area contributed by atoms with E-state index in [1.165, 1.54) is 13.2 Å². The molecule has 0 amide bonds. The molecule has 0 saturated heterocycles. The molecule has 0 aliphatic carbocycles. The predicted octanol–water partition coefficient (Wildman–Crippen LogP) is 3.99. The molecule has 0 aliphatic rings. The summed E-state index contributed by atoms with van der Waals surface area (Å²) in [5, 5.41) is 3.11. The standard InChI is InChI=1S/C18H23FN2O3S/c1-18(2,3)25(22,23)21-14-7-5-13(6-8-14)12-20-15-9-10-17(24-4)16(19)11-15/h5-11,20-21H,12H2,1-4H3. The number of ether oxygens (including phenoxy) is 1. The summed E-state index contributed by atoms with van der Waals surface area (Å²) in [6, 6.07) is 11.7. The van der Waals surface area contributed by atoms with Gasteiger partial charge < -0.3 is 10.1 Å². The van der Waals surface area contributed by atoms with Crippen molar-refractivity contribution in [1.82, 2.24) is 0 Å². The molecule has 2 rings (SSSR count). The number of anilines is 2. The molecule has 0 heterocycles. The van der Waals surface area contributed by atoms with Gasteiger partial charge in [-0.05, 0) is 50.6 Å². The molecule has 2 N–H and O–H groups in total. The maximum Gasteiger partial charge on any atom is 0.237 e. The third-order valence-electron chi connectivity index (χ3n) is 3.66. The minimum Gasteiger partial charge on any atom is -0.494 e. The van der Waals surface area contributed by atoms with Crippen molar-refractivity contribution in [3.8, 4) is 5.75 Å².